The molecule has 0 bridgehead atoms. The first-order valence-corrected chi connectivity index (χ1v) is 8.34. The second kappa shape index (κ2) is 8.25. The molecule has 0 radical (unpaired) electrons. The SMILES string of the molecule is CN(C)C(=O)c1nnn(-c2ccc(NC(=O)NCc3ccc(F)cc3)cc2)n1. The Balaban J connectivity index is 1.57. The predicted octanol–water partition coefficient (Wildman–Crippen LogP) is 1.82. The Morgan fingerprint density at radius 3 is 2.39 bits per heavy atom. The van der Waals surface area contributed by atoms with E-state index in [0.717, 1.165) is 5.56 Å². The minimum absolute atomic E-state index is 0.00706. The van der Waals surface area contributed by atoms with Crippen LogP contribution in [0.5, 0.6) is 0 Å². The second-order valence-corrected chi connectivity index (χ2v) is 6.08. The predicted molar refractivity (Wildman–Crippen MR) is 99.4 cm³/mol. The summed E-state index contributed by atoms with van der Waals surface area (Å²) < 4.78 is 12.9. The molecule has 0 saturated carbocycles. The van der Waals surface area contributed by atoms with Crippen LogP contribution in [0.3, 0.4) is 0 Å². The number of benzene rings is 2. The summed E-state index contributed by atoms with van der Waals surface area (Å²) in [6.07, 6.45) is 0. The minimum Gasteiger partial charge on any atom is -0.342 e. The summed E-state index contributed by atoms with van der Waals surface area (Å²) in [4.78, 5) is 26.4. The number of nitrogens with zero attached hydrogens (tertiary/aromatic N) is 5. The average molecular weight is 383 g/mol. The van der Waals surface area contributed by atoms with Crippen molar-refractivity contribution in [1.29, 1.82) is 0 Å². The number of aromatic nitrogens is 4. The lowest BCUT2D eigenvalue weighted by Crippen LogP contribution is -2.28. The van der Waals surface area contributed by atoms with Crippen LogP contribution >= 0.6 is 0 Å². The number of urea groups is 1. The lowest BCUT2D eigenvalue weighted by Gasteiger charge is -2.08. The van der Waals surface area contributed by atoms with E-state index in [1.807, 2.05) is 0 Å². The average Bonchev–Trinajstić information content (AvgIpc) is 3.17. The Bertz CT molecular complexity index is 968. The third-order valence-corrected chi connectivity index (χ3v) is 3.73. The highest BCUT2D eigenvalue weighted by atomic mass is 19.1. The van der Waals surface area contributed by atoms with Crippen LogP contribution in [0.25, 0.3) is 5.69 Å². The largest absolute Gasteiger partial charge is 0.342 e. The van der Waals surface area contributed by atoms with Crippen LogP contribution in [0, 0.1) is 5.82 Å². The van der Waals surface area contributed by atoms with Gasteiger partial charge in [0.25, 0.3) is 11.7 Å². The van der Waals surface area contributed by atoms with Gasteiger partial charge in [-0.15, -0.1) is 15.0 Å². The fourth-order valence-corrected chi connectivity index (χ4v) is 2.25. The third-order valence-electron chi connectivity index (χ3n) is 3.73. The molecule has 1 aromatic heterocycles. The second-order valence-electron chi connectivity index (χ2n) is 6.08. The molecule has 9 nitrogen and oxygen atoms in total. The van der Waals surface area contributed by atoms with Gasteiger partial charge in [-0.1, -0.05) is 12.1 Å². The first-order valence-electron chi connectivity index (χ1n) is 8.34. The van der Waals surface area contributed by atoms with Gasteiger partial charge in [-0.2, -0.15) is 0 Å². The Morgan fingerprint density at radius 1 is 1.07 bits per heavy atom. The highest BCUT2D eigenvalue weighted by Crippen LogP contribution is 2.12. The lowest BCUT2D eigenvalue weighted by molar-refractivity contribution is 0.0815. The summed E-state index contributed by atoms with van der Waals surface area (Å²) in [5.41, 5.74) is 1.93. The van der Waals surface area contributed by atoms with Crippen LogP contribution in [0.1, 0.15) is 16.2 Å². The van der Waals surface area contributed by atoms with E-state index in [2.05, 4.69) is 26.0 Å². The number of tetrazole rings is 1. The smallest absolute Gasteiger partial charge is 0.319 e. The molecule has 0 aliphatic heterocycles. The Kier molecular flexibility index (Phi) is 5.58. The van der Waals surface area contributed by atoms with Crippen LogP contribution in [0.2, 0.25) is 0 Å². The maximum Gasteiger partial charge on any atom is 0.319 e. The van der Waals surface area contributed by atoms with Crippen molar-refractivity contribution in [3.05, 3.63) is 65.7 Å². The van der Waals surface area contributed by atoms with Gasteiger partial charge in [-0.25, -0.2) is 9.18 Å². The number of hydrogen-bond acceptors (Lipinski definition) is 5. The van der Waals surface area contributed by atoms with Crippen molar-refractivity contribution in [3.63, 3.8) is 0 Å². The van der Waals surface area contributed by atoms with Crippen molar-refractivity contribution >= 4 is 17.6 Å². The molecule has 0 aliphatic carbocycles. The van der Waals surface area contributed by atoms with E-state index in [1.54, 1.807) is 50.5 Å². The number of halogens is 1. The molecule has 0 fully saturated rings. The summed E-state index contributed by atoms with van der Waals surface area (Å²) >= 11 is 0. The van der Waals surface area contributed by atoms with Crippen LogP contribution in [0.15, 0.2) is 48.5 Å². The van der Waals surface area contributed by atoms with Crippen molar-refractivity contribution in [1.82, 2.24) is 30.4 Å². The Hall–Kier alpha value is -3.82. The molecule has 0 unspecified atom stereocenters. The molecule has 0 saturated heterocycles. The fourth-order valence-electron chi connectivity index (χ4n) is 2.25. The molecular weight excluding hydrogens is 365 g/mol. The fraction of sp³-hybridized carbons (Fsp3) is 0.167. The zero-order valence-corrected chi connectivity index (χ0v) is 15.3. The molecule has 0 aliphatic rings. The van der Waals surface area contributed by atoms with Gasteiger partial charge in [0.1, 0.15) is 5.82 Å². The molecule has 2 aromatic carbocycles. The number of carbonyl (C=O) groups is 2. The van der Waals surface area contributed by atoms with Crippen molar-refractivity contribution in [2.45, 2.75) is 6.54 Å². The van der Waals surface area contributed by atoms with Crippen LogP contribution < -0.4 is 10.6 Å². The van der Waals surface area contributed by atoms with E-state index in [9.17, 15) is 14.0 Å². The van der Waals surface area contributed by atoms with Gasteiger partial charge in [-0.05, 0) is 47.2 Å². The highest BCUT2D eigenvalue weighted by Gasteiger charge is 2.15. The number of hydrogen-bond donors (Lipinski definition) is 2. The molecule has 0 spiro atoms. The molecule has 144 valence electrons. The molecule has 28 heavy (non-hydrogen) atoms. The highest BCUT2D eigenvalue weighted by molar-refractivity contribution is 5.90. The first kappa shape index (κ1) is 19.0. The van der Waals surface area contributed by atoms with Crippen molar-refractivity contribution in [2.75, 3.05) is 19.4 Å². The van der Waals surface area contributed by atoms with E-state index in [4.69, 9.17) is 0 Å². The molecule has 3 amide bonds. The molecule has 10 heteroatoms. The molecule has 1 heterocycles. The summed E-state index contributed by atoms with van der Waals surface area (Å²) in [6, 6.07) is 12.2. The number of amides is 3. The van der Waals surface area contributed by atoms with Gasteiger partial charge in [0.05, 0.1) is 5.69 Å². The lowest BCUT2D eigenvalue weighted by atomic mass is 10.2. The monoisotopic (exact) mass is 383 g/mol. The third kappa shape index (κ3) is 4.67. The Morgan fingerprint density at radius 2 is 1.75 bits per heavy atom. The van der Waals surface area contributed by atoms with Gasteiger partial charge in [0, 0.05) is 26.3 Å². The van der Waals surface area contributed by atoms with Gasteiger partial charge >= 0.3 is 6.03 Å². The number of nitrogens with one attached hydrogen (secondary N) is 2. The van der Waals surface area contributed by atoms with E-state index in [-0.39, 0.29) is 24.1 Å². The standard InChI is InChI=1S/C18H18FN7O2/c1-25(2)17(27)16-22-24-26(23-16)15-9-7-14(8-10-15)21-18(28)20-11-12-3-5-13(19)6-4-12/h3-10H,11H2,1-2H3,(H2,20,21,28). The van der Waals surface area contributed by atoms with E-state index < -0.39 is 6.03 Å². The number of rotatable bonds is 5. The zero-order valence-electron chi connectivity index (χ0n) is 15.3. The van der Waals surface area contributed by atoms with Gasteiger partial charge < -0.3 is 15.5 Å². The minimum atomic E-state index is -0.394. The van der Waals surface area contributed by atoms with Gasteiger partial charge in [0.15, 0.2) is 0 Å². The molecular formula is C18H18FN7O2. The Labute approximate surface area is 160 Å². The van der Waals surface area contributed by atoms with Crippen molar-refractivity contribution < 1.29 is 14.0 Å². The van der Waals surface area contributed by atoms with E-state index >= 15 is 0 Å². The summed E-state index contributed by atoms with van der Waals surface area (Å²) in [5.74, 6) is -0.678. The van der Waals surface area contributed by atoms with Crippen molar-refractivity contribution in [3.8, 4) is 5.69 Å². The zero-order chi connectivity index (χ0) is 20.1. The normalized spacial score (nSPS) is 10.4. The summed E-state index contributed by atoms with van der Waals surface area (Å²) in [7, 11) is 3.20. The van der Waals surface area contributed by atoms with Crippen LogP contribution in [0.4, 0.5) is 14.9 Å². The molecule has 3 rings (SSSR count). The topological polar surface area (TPSA) is 105 Å². The maximum absolute atomic E-state index is 12.9. The van der Waals surface area contributed by atoms with E-state index in [1.165, 1.54) is 21.8 Å². The summed E-state index contributed by atoms with van der Waals surface area (Å²) in [6.45, 7) is 0.274. The summed E-state index contributed by atoms with van der Waals surface area (Å²) in [5, 5.41) is 17.0. The van der Waals surface area contributed by atoms with Crippen LogP contribution in [-0.2, 0) is 6.54 Å². The van der Waals surface area contributed by atoms with Gasteiger partial charge in [0.2, 0.25) is 0 Å². The van der Waals surface area contributed by atoms with Gasteiger partial charge in [-0.3, -0.25) is 4.79 Å². The molecule has 0 atom stereocenters. The molecule has 3 aromatic rings. The first-order chi connectivity index (χ1) is 13.4. The van der Waals surface area contributed by atoms with E-state index in [0.29, 0.717) is 11.4 Å². The number of carbonyl (C=O) groups excluding carboxylic acids is 2. The molecule has 2 N–H and O–H groups in total. The quantitative estimate of drug-likeness (QED) is 0.699. The van der Waals surface area contributed by atoms with Crippen molar-refractivity contribution in [2.24, 2.45) is 0 Å². The number of anilines is 1. The van der Waals surface area contributed by atoms with Crippen LogP contribution in [-0.4, -0.2) is 51.1 Å². The maximum atomic E-state index is 12.9.